The SMILES string of the molecule is CC(C)CC(CN)NS(=O)(=O)N(C)C. The van der Waals surface area contributed by atoms with Crippen LogP contribution < -0.4 is 10.5 Å². The van der Waals surface area contributed by atoms with Gasteiger partial charge in [-0.25, -0.2) is 0 Å². The molecule has 14 heavy (non-hydrogen) atoms. The molecule has 0 fully saturated rings. The third-order valence-electron chi connectivity index (χ3n) is 1.84. The highest BCUT2D eigenvalue weighted by Crippen LogP contribution is 2.05. The zero-order valence-corrected chi connectivity index (χ0v) is 10.1. The van der Waals surface area contributed by atoms with Gasteiger partial charge in [0, 0.05) is 26.7 Å². The highest BCUT2D eigenvalue weighted by molar-refractivity contribution is 7.87. The van der Waals surface area contributed by atoms with Gasteiger partial charge in [0.05, 0.1) is 0 Å². The van der Waals surface area contributed by atoms with Crippen LogP contribution in [0.1, 0.15) is 20.3 Å². The van der Waals surface area contributed by atoms with E-state index in [4.69, 9.17) is 5.73 Å². The molecular weight excluding hydrogens is 202 g/mol. The van der Waals surface area contributed by atoms with Crippen molar-refractivity contribution in [1.82, 2.24) is 9.03 Å². The quantitative estimate of drug-likeness (QED) is 0.652. The Morgan fingerprint density at radius 1 is 1.36 bits per heavy atom. The first kappa shape index (κ1) is 13.8. The molecular formula is C8H21N3O2S. The number of nitrogens with one attached hydrogen (secondary N) is 1. The van der Waals surface area contributed by atoms with Crippen LogP contribution in [0.2, 0.25) is 0 Å². The summed E-state index contributed by atoms with van der Waals surface area (Å²) < 4.78 is 26.6. The predicted molar refractivity (Wildman–Crippen MR) is 58.0 cm³/mol. The predicted octanol–water partition coefficient (Wildman–Crippen LogP) is -0.244. The average molecular weight is 223 g/mol. The van der Waals surface area contributed by atoms with Crippen LogP contribution in [0.4, 0.5) is 0 Å². The minimum atomic E-state index is -3.35. The third kappa shape index (κ3) is 4.90. The molecule has 0 amide bonds. The van der Waals surface area contributed by atoms with E-state index in [0.717, 1.165) is 10.7 Å². The van der Waals surface area contributed by atoms with E-state index in [1.165, 1.54) is 14.1 Å². The summed E-state index contributed by atoms with van der Waals surface area (Å²) in [6, 6.07) is -0.178. The fraction of sp³-hybridized carbons (Fsp3) is 1.00. The van der Waals surface area contributed by atoms with Crippen LogP contribution in [0.5, 0.6) is 0 Å². The molecule has 0 aliphatic heterocycles. The lowest BCUT2D eigenvalue weighted by molar-refractivity contribution is 0.443. The van der Waals surface area contributed by atoms with Gasteiger partial charge in [0.15, 0.2) is 0 Å². The standard InChI is InChI=1S/C8H21N3O2S/c1-7(2)5-8(6-9)10-14(12,13)11(3)4/h7-8,10H,5-6,9H2,1-4H3. The zero-order valence-electron chi connectivity index (χ0n) is 9.32. The Hall–Kier alpha value is -0.170. The fourth-order valence-electron chi connectivity index (χ4n) is 1.08. The summed E-state index contributed by atoms with van der Waals surface area (Å²) in [5.41, 5.74) is 5.48. The van der Waals surface area contributed by atoms with Crippen molar-refractivity contribution in [3.05, 3.63) is 0 Å². The van der Waals surface area contributed by atoms with Gasteiger partial charge in [0.1, 0.15) is 0 Å². The topological polar surface area (TPSA) is 75.4 Å². The van der Waals surface area contributed by atoms with Crippen molar-refractivity contribution in [2.45, 2.75) is 26.3 Å². The molecule has 5 nitrogen and oxygen atoms in total. The van der Waals surface area contributed by atoms with Crippen LogP contribution in [-0.2, 0) is 10.2 Å². The van der Waals surface area contributed by atoms with Gasteiger partial charge in [-0.1, -0.05) is 13.8 Å². The third-order valence-corrected chi connectivity index (χ3v) is 3.43. The fourth-order valence-corrected chi connectivity index (χ4v) is 1.90. The lowest BCUT2D eigenvalue weighted by Crippen LogP contribution is -2.45. The summed E-state index contributed by atoms with van der Waals surface area (Å²) in [5.74, 6) is 0.424. The number of hydrogen-bond acceptors (Lipinski definition) is 3. The van der Waals surface area contributed by atoms with E-state index in [9.17, 15) is 8.42 Å². The molecule has 0 saturated heterocycles. The zero-order chi connectivity index (χ0) is 11.4. The van der Waals surface area contributed by atoms with Crippen LogP contribution in [-0.4, -0.2) is 39.4 Å². The molecule has 0 aliphatic carbocycles. The Morgan fingerprint density at radius 3 is 2.14 bits per heavy atom. The molecule has 1 atom stereocenters. The maximum absolute atomic E-state index is 11.4. The molecule has 0 saturated carbocycles. The first-order valence-corrected chi connectivity index (χ1v) is 6.13. The van der Waals surface area contributed by atoms with Gasteiger partial charge in [-0.15, -0.1) is 0 Å². The van der Waals surface area contributed by atoms with E-state index >= 15 is 0 Å². The Kier molecular flexibility index (Phi) is 5.58. The van der Waals surface area contributed by atoms with Crippen molar-refractivity contribution in [3.8, 4) is 0 Å². The lowest BCUT2D eigenvalue weighted by Gasteiger charge is -2.21. The van der Waals surface area contributed by atoms with Crippen molar-refractivity contribution in [2.24, 2.45) is 11.7 Å². The molecule has 0 aromatic carbocycles. The minimum Gasteiger partial charge on any atom is -0.329 e. The van der Waals surface area contributed by atoms with Gasteiger partial charge in [0.25, 0.3) is 10.2 Å². The van der Waals surface area contributed by atoms with E-state index in [1.54, 1.807) is 0 Å². The summed E-state index contributed by atoms with van der Waals surface area (Å²) in [7, 11) is -0.369. The molecule has 0 aromatic rings. The maximum atomic E-state index is 11.4. The van der Waals surface area contributed by atoms with E-state index < -0.39 is 10.2 Å². The van der Waals surface area contributed by atoms with Gasteiger partial charge < -0.3 is 5.73 Å². The summed E-state index contributed by atoms with van der Waals surface area (Å²) in [4.78, 5) is 0. The number of rotatable bonds is 6. The van der Waals surface area contributed by atoms with Crippen LogP contribution in [0.3, 0.4) is 0 Å². The van der Waals surface area contributed by atoms with Crippen LogP contribution in [0.25, 0.3) is 0 Å². The molecule has 0 aliphatic rings. The Balaban J connectivity index is 4.32. The van der Waals surface area contributed by atoms with Gasteiger partial charge in [-0.3, -0.25) is 0 Å². The molecule has 0 bridgehead atoms. The molecule has 0 spiro atoms. The average Bonchev–Trinajstić information content (AvgIpc) is 2.01. The Morgan fingerprint density at radius 2 is 1.86 bits per heavy atom. The maximum Gasteiger partial charge on any atom is 0.279 e. The van der Waals surface area contributed by atoms with Crippen molar-refractivity contribution in [1.29, 1.82) is 0 Å². The summed E-state index contributed by atoms with van der Waals surface area (Å²) in [6.07, 6.45) is 0.754. The normalized spacial score (nSPS) is 15.1. The largest absolute Gasteiger partial charge is 0.329 e. The summed E-state index contributed by atoms with van der Waals surface area (Å²) in [6.45, 7) is 4.39. The molecule has 6 heteroatoms. The van der Waals surface area contributed by atoms with E-state index in [0.29, 0.717) is 12.5 Å². The van der Waals surface area contributed by atoms with E-state index in [2.05, 4.69) is 4.72 Å². The molecule has 3 N–H and O–H groups in total. The molecule has 86 valence electrons. The summed E-state index contributed by atoms with van der Waals surface area (Å²) >= 11 is 0. The molecule has 0 radical (unpaired) electrons. The van der Waals surface area contributed by atoms with Crippen molar-refractivity contribution >= 4 is 10.2 Å². The Labute approximate surface area is 86.8 Å². The highest BCUT2D eigenvalue weighted by atomic mass is 32.2. The Bertz CT molecular complexity index is 249. The van der Waals surface area contributed by atoms with Gasteiger partial charge >= 0.3 is 0 Å². The first-order valence-electron chi connectivity index (χ1n) is 4.69. The van der Waals surface area contributed by atoms with Crippen LogP contribution >= 0.6 is 0 Å². The van der Waals surface area contributed by atoms with Crippen LogP contribution in [0.15, 0.2) is 0 Å². The monoisotopic (exact) mass is 223 g/mol. The smallest absolute Gasteiger partial charge is 0.279 e. The second-order valence-electron chi connectivity index (χ2n) is 3.97. The molecule has 0 aromatic heterocycles. The van der Waals surface area contributed by atoms with E-state index in [-0.39, 0.29) is 6.04 Å². The van der Waals surface area contributed by atoms with Gasteiger partial charge in [-0.2, -0.15) is 17.4 Å². The summed E-state index contributed by atoms with van der Waals surface area (Å²) in [5, 5.41) is 0. The highest BCUT2D eigenvalue weighted by Gasteiger charge is 2.19. The van der Waals surface area contributed by atoms with E-state index in [1.807, 2.05) is 13.8 Å². The van der Waals surface area contributed by atoms with Gasteiger partial charge in [0.2, 0.25) is 0 Å². The van der Waals surface area contributed by atoms with Crippen molar-refractivity contribution in [2.75, 3.05) is 20.6 Å². The minimum absolute atomic E-state index is 0.178. The van der Waals surface area contributed by atoms with Crippen molar-refractivity contribution in [3.63, 3.8) is 0 Å². The first-order chi connectivity index (χ1) is 6.29. The molecule has 0 heterocycles. The number of hydrogen-bond donors (Lipinski definition) is 2. The lowest BCUT2D eigenvalue weighted by atomic mass is 10.1. The second kappa shape index (κ2) is 5.65. The van der Waals surface area contributed by atoms with Crippen LogP contribution in [0, 0.1) is 5.92 Å². The molecule has 1 unspecified atom stereocenters. The number of nitrogens with two attached hydrogens (primary N) is 1. The second-order valence-corrected chi connectivity index (χ2v) is 5.88. The number of nitrogens with zero attached hydrogens (tertiary/aromatic N) is 1. The van der Waals surface area contributed by atoms with Gasteiger partial charge in [-0.05, 0) is 12.3 Å². The van der Waals surface area contributed by atoms with Crippen molar-refractivity contribution < 1.29 is 8.42 Å². The molecule has 0 rings (SSSR count).